The highest BCUT2D eigenvalue weighted by molar-refractivity contribution is 8.00. The third-order valence-corrected chi connectivity index (χ3v) is 9.19. The summed E-state index contributed by atoms with van der Waals surface area (Å²) in [7, 11) is 0. The van der Waals surface area contributed by atoms with Crippen molar-refractivity contribution < 1.29 is 9.59 Å². The topological polar surface area (TPSA) is 82.0 Å². The number of rotatable bonds is 7. The molecule has 2 amide bonds. The molecule has 1 atom stereocenters. The van der Waals surface area contributed by atoms with E-state index in [2.05, 4.69) is 23.6 Å². The van der Waals surface area contributed by atoms with Gasteiger partial charge in [0.05, 0.1) is 22.9 Å². The van der Waals surface area contributed by atoms with Crippen LogP contribution in [0.25, 0.3) is 0 Å². The molecule has 4 aliphatic rings. The molecule has 0 aromatic heterocycles. The summed E-state index contributed by atoms with van der Waals surface area (Å²) >= 11 is 1.36. The van der Waals surface area contributed by atoms with E-state index in [0.717, 1.165) is 22.6 Å². The molecule has 6 heteroatoms. The lowest BCUT2D eigenvalue weighted by Gasteiger charge is -2.59. The van der Waals surface area contributed by atoms with Gasteiger partial charge in [0, 0.05) is 16.6 Å². The van der Waals surface area contributed by atoms with Crippen LogP contribution in [0, 0.1) is 34.5 Å². The fourth-order valence-electron chi connectivity index (χ4n) is 6.92. The normalized spacial score (nSPS) is 27.6. The van der Waals surface area contributed by atoms with Crippen molar-refractivity contribution in [2.75, 3.05) is 11.1 Å². The number of benzene rings is 2. The van der Waals surface area contributed by atoms with E-state index in [1.807, 2.05) is 24.3 Å². The molecule has 4 fully saturated rings. The Morgan fingerprint density at radius 2 is 1.74 bits per heavy atom. The SMILES string of the molecule is CC(NC(=O)c1ccccc1SCC(=O)Nc1cccc(C#N)c1)C12CC3CC(CC(C3)C1)C2. The number of hydrogen-bond acceptors (Lipinski definition) is 4. The zero-order chi connectivity index (χ0) is 23.7. The molecule has 176 valence electrons. The summed E-state index contributed by atoms with van der Waals surface area (Å²) < 4.78 is 0. The Balaban J connectivity index is 1.22. The van der Waals surface area contributed by atoms with Crippen LogP contribution in [-0.4, -0.2) is 23.6 Å². The molecule has 4 saturated carbocycles. The Kier molecular flexibility index (Phi) is 6.40. The van der Waals surface area contributed by atoms with Gasteiger partial charge in [0.15, 0.2) is 0 Å². The average Bonchev–Trinajstić information content (AvgIpc) is 2.82. The third-order valence-electron chi connectivity index (χ3n) is 8.12. The van der Waals surface area contributed by atoms with Gasteiger partial charge in [-0.3, -0.25) is 9.59 Å². The lowest BCUT2D eigenvalue weighted by molar-refractivity contribution is -0.113. The van der Waals surface area contributed by atoms with E-state index in [4.69, 9.17) is 5.26 Å². The van der Waals surface area contributed by atoms with Crippen LogP contribution in [0.2, 0.25) is 0 Å². The monoisotopic (exact) mass is 473 g/mol. The van der Waals surface area contributed by atoms with Crippen LogP contribution in [0.4, 0.5) is 5.69 Å². The van der Waals surface area contributed by atoms with Crippen LogP contribution < -0.4 is 10.6 Å². The number of anilines is 1. The first-order chi connectivity index (χ1) is 16.4. The van der Waals surface area contributed by atoms with Gasteiger partial charge >= 0.3 is 0 Å². The van der Waals surface area contributed by atoms with Gasteiger partial charge in [0.2, 0.25) is 5.91 Å². The predicted molar refractivity (Wildman–Crippen MR) is 134 cm³/mol. The Morgan fingerprint density at radius 3 is 2.41 bits per heavy atom. The van der Waals surface area contributed by atoms with Gasteiger partial charge in [-0.05, 0) is 98.9 Å². The fraction of sp³-hybridized carbons (Fsp3) is 0.464. The van der Waals surface area contributed by atoms with E-state index in [-0.39, 0.29) is 29.0 Å². The van der Waals surface area contributed by atoms with E-state index in [0.29, 0.717) is 16.8 Å². The van der Waals surface area contributed by atoms with E-state index >= 15 is 0 Å². The molecule has 2 aromatic carbocycles. The molecular formula is C28H31N3O2S. The highest BCUT2D eigenvalue weighted by atomic mass is 32.2. The number of carbonyl (C=O) groups excluding carboxylic acids is 2. The first kappa shape index (κ1) is 23.0. The largest absolute Gasteiger partial charge is 0.349 e. The zero-order valence-corrected chi connectivity index (χ0v) is 20.4. The quantitative estimate of drug-likeness (QED) is 0.511. The molecule has 4 bridgehead atoms. The molecule has 0 heterocycles. The Labute approximate surface area is 205 Å². The molecule has 2 aromatic rings. The van der Waals surface area contributed by atoms with E-state index in [1.54, 1.807) is 24.3 Å². The molecule has 5 nitrogen and oxygen atoms in total. The van der Waals surface area contributed by atoms with E-state index < -0.39 is 0 Å². The molecule has 0 spiro atoms. The van der Waals surface area contributed by atoms with Gasteiger partial charge in [0.25, 0.3) is 5.91 Å². The number of amides is 2. The van der Waals surface area contributed by atoms with Crippen LogP contribution in [0.3, 0.4) is 0 Å². The second kappa shape index (κ2) is 9.46. The summed E-state index contributed by atoms with van der Waals surface area (Å²) in [6, 6.07) is 16.6. The predicted octanol–water partition coefficient (Wildman–Crippen LogP) is 5.62. The van der Waals surface area contributed by atoms with Gasteiger partial charge in [-0.15, -0.1) is 11.8 Å². The second-order valence-corrected chi connectivity index (χ2v) is 11.5. The second-order valence-electron chi connectivity index (χ2n) is 10.5. The van der Waals surface area contributed by atoms with Crippen LogP contribution in [-0.2, 0) is 4.79 Å². The maximum Gasteiger partial charge on any atom is 0.252 e. The number of hydrogen-bond donors (Lipinski definition) is 2. The highest BCUT2D eigenvalue weighted by Gasteiger charge is 2.53. The van der Waals surface area contributed by atoms with Crippen molar-refractivity contribution in [2.24, 2.45) is 23.2 Å². The lowest BCUT2D eigenvalue weighted by Crippen LogP contribution is -2.55. The van der Waals surface area contributed by atoms with Gasteiger partial charge < -0.3 is 10.6 Å². The van der Waals surface area contributed by atoms with Crippen molar-refractivity contribution in [1.82, 2.24) is 5.32 Å². The van der Waals surface area contributed by atoms with Gasteiger partial charge in [-0.2, -0.15) is 5.26 Å². The fourth-order valence-corrected chi connectivity index (χ4v) is 7.77. The molecule has 0 saturated heterocycles. The van der Waals surface area contributed by atoms with Crippen molar-refractivity contribution in [2.45, 2.75) is 56.4 Å². The van der Waals surface area contributed by atoms with Crippen LogP contribution in [0.15, 0.2) is 53.4 Å². The van der Waals surface area contributed by atoms with Crippen molar-refractivity contribution in [3.63, 3.8) is 0 Å². The summed E-state index contributed by atoms with van der Waals surface area (Å²) in [4.78, 5) is 26.6. The molecular weight excluding hydrogens is 442 g/mol. The van der Waals surface area contributed by atoms with Crippen LogP contribution in [0.5, 0.6) is 0 Å². The molecule has 1 unspecified atom stereocenters. The lowest BCUT2D eigenvalue weighted by atomic mass is 9.48. The minimum absolute atomic E-state index is 0.0477. The summed E-state index contributed by atoms with van der Waals surface area (Å²) in [5.74, 6) is 2.51. The van der Waals surface area contributed by atoms with E-state index in [9.17, 15) is 9.59 Å². The molecule has 34 heavy (non-hydrogen) atoms. The first-order valence-electron chi connectivity index (χ1n) is 12.3. The number of nitrogens with one attached hydrogen (secondary N) is 2. The molecule has 0 radical (unpaired) electrons. The minimum Gasteiger partial charge on any atom is -0.349 e. The Bertz CT molecular complexity index is 1100. The molecule has 2 N–H and O–H groups in total. The van der Waals surface area contributed by atoms with Crippen LogP contribution in [0.1, 0.15) is 61.4 Å². The van der Waals surface area contributed by atoms with Crippen molar-refractivity contribution >= 4 is 29.3 Å². The number of nitrogens with zero attached hydrogens (tertiary/aromatic N) is 1. The summed E-state index contributed by atoms with van der Waals surface area (Å²) in [5, 5.41) is 15.2. The number of nitriles is 1. The highest BCUT2D eigenvalue weighted by Crippen LogP contribution is 2.61. The zero-order valence-electron chi connectivity index (χ0n) is 19.5. The standard InChI is InChI=1S/C28H31N3O2S/c1-18(28-13-20-9-21(14-28)11-22(10-20)15-28)30-27(33)24-7-2-3-8-25(24)34-17-26(32)31-23-6-4-5-19(12-23)16-29/h2-8,12,18,20-22H,9-11,13-15,17H2,1H3,(H,30,33)(H,31,32). The van der Waals surface area contributed by atoms with Crippen molar-refractivity contribution in [1.29, 1.82) is 5.26 Å². The average molecular weight is 474 g/mol. The first-order valence-corrected chi connectivity index (χ1v) is 13.3. The minimum atomic E-state index is -0.169. The smallest absolute Gasteiger partial charge is 0.252 e. The maximum absolute atomic E-state index is 13.3. The third kappa shape index (κ3) is 4.72. The maximum atomic E-state index is 13.3. The molecule has 4 aliphatic carbocycles. The van der Waals surface area contributed by atoms with Gasteiger partial charge in [0.1, 0.15) is 0 Å². The summed E-state index contributed by atoms with van der Waals surface area (Å²) in [6.07, 6.45) is 7.94. The van der Waals surface area contributed by atoms with Gasteiger partial charge in [-0.25, -0.2) is 0 Å². The number of carbonyl (C=O) groups is 2. The summed E-state index contributed by atoms with van der Waals surface area (Å²) in [5.41, 5.74) is 1.98. The Hall–Kier alpha value is -2.78. The van der Waals surface area contributed by atoms with E-state index in [1.165, 1.54) is 50.3 Å². The van der Waals surface area contributed by atoms with Crippen molar-refractivity contribution in [3.05, 3.63) is 59.7 Å². The molecule has 0 aliphatic heterocycles. The number of thioether (sulfide) groups is 1. The molecule has 6 rings (SSSR count). The van der Waals surface area contributed by atoms with Gasteiger partial charge in [-0.1, -0.05) is 18.2 Å². The van der Waals surface area contributed by atoms with Crippen molar-refractivity contribution in [3.8, 4) is 6.07 Å². The Morgan fingerprint density at radius 1 is 1.06 bits per heavy atom. The van der Waals surface area contributed by atoms with Crippen LogP contribution >= 0.6 is 11.8 Å². The summed E-state index contributed by atoms with van der Waals surface area (Å²) in [6.45, 7) is 2.20.